The zero-order chi connectivity index (χ0) is 13.1. The summed E-state index contributed by atoms with van der Waals surface area (Å²) in [4.78, 5) is 0. The monoisotopic (exact) mass is 266 g/mol. The van der Waals surface area contributed by atoms with Gasteiger partial charge in [0.05, 0.1) is 11.1 Å². The van der Waals surface area contributed by atoms with Crippen molar-refractivity contribution in [2.75, 3.05) is 0 Å². The number of hydrogen-bond acceptors (Lipinski definition) is 2. The summed E-state index contributed by atoms with van der Waals surface area (Å²) in [5.41, 5.74) is 0.384. The van der Waals surface area contributed by atoms with Gasteiger partial charge in [-0.15, -0.1) is 0 Å². The minimum atomic E-state index is -0.821. The highest BCUT2D eigenvalue weighted by molar-refractivity contribution is 6.32. The largest absolute Gasteiger partial charge is 0.455 e. The number of benzene rings is 2. The van der Waals surface area contributed by atoms with E-state index >= 15 is 0 Å². The molecule has 0 amide bonds. The van der Waals surface area contributed by atoms with Gasteiger partial charge in [0.1, 0.15) is 17.3 Å². The van der Waals surface area contributed by atoms with Gasteiger partial charge in [-0.25, -0.2) is 4.39 Å². The van der Waals surface area contributed by atoms with Crippen LogP contribution in [0.4, 0.5) is 4.39 Å². The standard InChI is InChI=1S/C14H12ClFO2/c1-9(17)11-8-10(16)6-7-13(11)18-14-5-3-2-4-12(14)15/h2-9,17H,1H3/t9-/m1/s1. The Labute approximate surface area is 110 Å². The van der Waals surface area contributed by atoms with Gasteiger partial charge in [0.15, 0.2) is 0 Å². The summed E-state index contributed by atoms with van der Waals surface area (Å²) in [6, 6.07) is 11.0. The van der Waals surface area contributed by atoms with Crippen LogP contribution in [0.5, 0.6) is 11.5 Å². The Kier molecular flexibility index (Phi) is 3.84. The molecule has 0 spiro atoms. The van der Waals surface area contributed by atoms with Crippen LogP contribution in [0.1, 0.15) is 18.6 Å². The number of aliphatic hydroxyl groups excluding tert-OH is 1. The van der Waals surface area contributed by atoms with Crippen LogP contribution in [-0.2, 0) is 0 Å². The van der Waals surface area contributed by atoms with Gasteiger partial charge in [0, 0.05) is 5.56 Å². The van der Waals surface area contributed by atoms with E-state index in [0.29, 0.717) is 22.1 Å². The summed E-state index contributed by atoms with van der Waals surface area (Å²) in [6.07, 6.45) is -0.821. The molecule has 0 saturated heterocycles. The van der Waals surface area contributed by atoms with E-state index in [1.165, 1.54) is 18.2 Å². The van der Waals surface area contributed by atoms with E-state index in [-0.39, 0.29) is 0 Å². The highest BCUT2D eigenvalue weighted by Gasteiger charge is 2.12. The lowest BCUT2D eigenvalue weighted by Crippen LogP contribution is -1.97. The molecule has 1 atom stereocenters. The summed E-state index contributed by atoms with van der Waals surface area (Å²) < 4.78 is 18.7. The van der Waals surface area contributed by atoms with E-state index < -0.39 is 11.9 Å². The van der Waals surface area contributed by atoms with Gasteiger partial charge >= 0.3 is 0 Å². The van der Waals surface area contributed by atoms with Crippen molar-refractivity contribution in [3.8, 4) is 11.5 Å². The second-order valence-corrected chi connectivity index (χ2v) is 4.30. The summed E-state index contributed by atoms with van der Waals surface area (Å²) in [7, 11) is 0. The van der Waals surface area contributed by atoms with Crippen LogP contribution >= 0.6 is 11.6 Å². The number of halogens is 2. The predicted molar refractivity (Wildman–Crippen MR) is 68.6 cm³/mol. The third-order valence-electron chi connectivity index (χ3n) is 2.48. The molecule has 0 unspecified atom stereocenters. The molecule has 0 aliphatic heterocycles. The second kappa shape index (κ2) is 5.38. The summed E-state index contributed by atoms with van der Waals surface area (Å²) in [5, 5.41) is 10.1. The second-order valence-electron chi connectivity index (χ2n) is 3.89. The third kappa shape index (κ3) is 2.81. The lowest BCUT2D eigenvalue weighted by atomic mass is 10.1. The van der Waals surface area contributed by atoms with Crippen molar-refractivity contribution in [2.24, 2.45) is 0 Å². The van der Waals surface area contributed by atoms with Crippen LogP contribution in [0, 0.1) is 5.82 Å². The van der Waals surface area contributed by atoms with Gasteiger partial charge in [-0.05, 0) is 37.3 Å². The van der Waals surface area contributed by atoms with E-state index in [9.17, 15) is 9.50 Å². The van der Waals surface area contributed by atoms with Crippen molar-refractivity contribution in [3.63, 3.8) is 0 Å². The number of para-hydroxylation sites is 1. The first-order chi connectivity index (χ1) is 8.58. The topological polar surface area (TPSA) is 29.5 Å². The van der Waals surface area contributed by atoms with E-state index in [2.05, 4.69) is 0 Å². The number of rotatable bonds is 3. The van der Waals surface area contributed by atoms with E-state index in [4.69, 9.17) is 16.3 Å². The molecule has 0 aromatic heterocycles. The highest BCUT2D eigenvalue weighted by atomic mass is 35.5. The highest BCUT2D eigenvalue weighted by Crippen LogP contribution is 2.33. The summed E-state index contributed by atoms with van der Waals surface area (Å²) >= 11 is 5.98. The third-order valence-corrected chi connectivity index (χ3v) is 2.79. The average Bonchev–Trinajstić information content (AvgIpc) is 2.34. The van der Waals surface area contributed by atoms with Gasteiger partial charge in [-0.3, -0.25) is 0 Å². The lowest BCUT2D eigenvalue weighted by Gasteiger charge is -2.14. The molecule has 2 aromatic rings. The Morgan fingerprint density at radius 3 is 2.56 bits per heavy atom. The van der Waals surface area contributed by atoms with Crippen molar-refractivity contribution in [3.05, 3.63) is 58.9 Å². The van der Waals surface area contributed by atoms with Gasteiger partial charge in [-0.2, -0.15) is 0 Å². The van der Waals surface area contributed by atoms with Gasteiger partial charge in [-0.1, -0.05) is 23.7 Å². The van der Waals surface area contributed by atoms with Crippen molar-refractivity contribution in [1.82, 2.24) is 0 Å². The number of ether oxygens (including phenoxy) is 1. The molecule has 0 heterocycles. The molecule has 18 heavy (non-hydrogen) atoms. The van der Waals surface area contributed by atoms with Crippen molar-refractivity contribution >= 4 is 11.6 Å². The van der Waals surface area contributed by atoms with Gasteiger partial charge < -0.3 is 9.84 Å². The van der Waals surface area contributed by atoms with Crippen LogP contribution in [-0.4, -0.2) is 5.11 Å². The fraction of sp³-hybridized carbons (Fsp3) is 0.143. The lowest BCUT2D eigenvalue weighted by molar-refractivity contribution is 0.195. The van der Waals surface area contributed by atoms with Gasteiger partial charge in [0.25, 0.3) is 0 Å². The van der Waals surface area contributed by atoms with Crippen LogP contribution in [0.25, 0.3) is 0 Å². The Hall–Kier alpha value is -1.58. The van der Waals surface area contributed by atoms with Crippen molar-refractivity contribution in [1.29, 1.82) is 0 Å². The average molecular weight is 267 g/mol. The molecule has 2 nitrogen and oxygen atoms in total. The predicted octanol–water partition coefficient (Wildman–Crippen LogP) is 4.32. The van der Waals surface area contributed by atoms with Crippen molar-refractivity contribution < 1.29 is 14.2 Å². The molecule has 94 valence electrons. The molecular weight excluding hydrogens is 255 g/mol. The SMILES string of the molecule is C[C@@H](O)c1cc(F)ccc1Oc1ccccc1Cl. The van der Waals surface area contributed by atoms with Crippen LogP contribution in [0.2, 0.25) is 5.02 Å². The maximum absolute atomic E-state index is 13.1. The Morgan fingerprint density at radius 2 is 1.89 bits per heavy atom. The quantitative estimate of drug-likeness (QED) is 0.896. The molecule has 0 aliphatic rings. The number of hydrogen-bond donors (Lipinski definition) is 1. The zero-order valence-corrected chi connectivity index (χ0v) is 10.5. The van der Waals surface area contributed by atoms with E-state index in [1.54, 1.807) is 31.2 Å². The van der Waals surface area contributed by atoms with Crippen LogP contribution < -0.4 is 4.74 Å². The minimum absolute atomic E-state index is 0.384. The molecule has 2 rings (SSSR count). The Morgan fingerprint density at radius 1 is 1.17 bits per heavy atom. The molecule has 0 saturated carbocycles. The first-order valence-corrected chi connectivity index (χ1v) is 5.85. The molecule has 1 N–H and O–H groups in total. The first-order valence-electron chi connectivity index (χ1n) is 5.48. The molecule has 2 aromatic carbocycles. The number of aliphatic hydroxyl groups is 1. The summed E-state index contributed by atoms with van der Waals surface area (Å²) in [6.45, 7) is 1.55. The fourth-order valence-corrected chi connectivity index (χ4v) is 1.76. The normalized spacial score (nSPS) is 12.2. The Bertz CT molecular complexity index is 555. The minimum Gasteiger partial charge on any atom is -0.455 e. The van der Waals surface area contributed by atoms with Crippen molar-refractivity contribution in [2.45, 2.75) is 13.0 Å². The molecular formula is C14H12ClFO2. The van der Waals surface area contributed by atoms with E-state index in [0.717, 1.165) is 0 Å². The van der Waals surface area contributed by atoms with Gasteiger partial charge in [0.2, 0.25) is 0 Å². The molecule has 0 aliphatic carbocycles. The fourth-order valence-electron chi connectivity index (χ4n) is 1.58. The smallest absolute Gasteiger partial charge is 0.146 e. The molecule has 4 heteroatoms. The van der Waals surface area contributed by atoms with E-state index in [1.807, 2.05) is 0 Å². The van der Waals surface area contributed by atoms with Crippen LogP contribution in [0.3, 0.4) is 0 Å². The maximum Gasteiger partial charge on any atom is 0.146 e. The summed E-state index contributed by atoms with van der Waals surface area (Å²) in [5.74, 6) is 0.435. The Balaban J connectivity index is 2.37. The van der Waals surface area contributed by atoms with Crippen LogP contribution in [0.15, 0.2) is 42.5 Å². The zero-order valence-electron chi connectivity index (χ0n) is 9.73. The maximum atomic E-state index is 13.1. The molecule has 0 bridgehead atoms. The molecule has 0 fully saturated rings. The molecule has 0 radical (unpaired) electrons. The first kappa shape index (κ1) is 12.9.